The van der Waals surface area contributed by atoms with E-state index in [-0.39, 0.29) is 10.9 Å². The van der Waals surface area contributed by atoms with Gasteiger partial charge in [-0.3, -0.25) is 9.59 Å². The number of allylic oxidation sites excluding steroid dienone is 1. The van der Waals surface area contributed by atoms with Gasteiger partial charge in [0.05, 0.1) is 35.8 Å². The van der Waals surface area contributed by atoms with E-state index < -0.39 is 18.0 Å². The summed E-state index contributed by atoms with van der Waals surface area (Å²) in [4.78, 5) is 33.7. The zero-order chi connectivity index (χ0) is 32.1. The van der Waals surface area contributed by atoms with Gasteiger partial charge in [-0.2, -0.15) is 9.78 Å². The van der Waals surface area contributed by atoms with E-state index >= 15 is 4.39 Å². The van der Waals surface area contributed by atoms with Crippen molar-refractivity contribution in [2.24, 2.45) is 7.05 Å². The van der Waals surface area contributed by atoms with Crippen LogP contribution in [0.5, 0.6) is 0 Å². The summed E-state index contributed by atoms with van der Waals surface area (Å²) in [5.41, 5.74) is 3.59. The van der Waals surface area contributed by atoms with Gasteiger partial charge in [0, 0.05) is 54.9 Å². The summed E-state index contributed by atoms with van der Waals surface area (Å²) in [6, 6.07) is 14.7. The average Bonchev–Trinajstić information content (AvgIpc) is 3.39. The van der Waals surface area contributed by atoms with Crippen LogP contribution in [0.3, 0.4) is 0 Å². The fraction of sp³-hybridized carbons (Fsp3) is 0.257. The highest BCUT2D eigenvalue weighted by Crippen LogP contribution is 2.31. The largest absolute Gasteiger partial charge is 0.392 e. The average molecular weight is 620 g/mol. The standard InChI is InChI=1S/C35H34FN7O3/c1-20(2)21-11-22-14-38-43(35(46)33(22)29(36)12-21)31-6-4-5-27(28(31)19-44)23-13-30(34(45)41(3)16-23)40-32-10-9-26(15-37-32)42-17-24-7-8-25(18-42)39-24/h4-6,9-16,24-25,39,44H,1,7-8,17-19H2,2-3H3,(H,37,40)/t24-,25+. The van der Waals surface area contributed by atoms with Crippen molar-refractivity contribution in [1.29, 1.82) is 0 Å². The molecule has 0 saturated carbocycles. The van der Waals surface area contributed by atoms with Crippen molar-refractivity contribution < 1.29 is 9.50 Å². The van der Waals surface area contributed by atoms with Gasteiger partial charge < -0.3 is 25.2 Å². The molecule has 11 heteroatoms. The molecule has 2 atom stereocenters. The van der Waals surface area contributed by atoms with E-state index in [2.05, 4.69) is 32.2 Å². The van der Waals surface area contributed by atoms with E-state index in [0.29, 0.717) is 62.5 Å². The fourth-order valence-electron chi connectivity index (χ4n) is 6.60. The number of fused-ring (bicyclic) bond motifs is 3. The fourth-order valence-corrected chi connectivity index (χ4v) is 6.60. The van der Waals surface area contributed by atoms with Crippen molar-refractivity contribution in [3.05, 3.63) is 111 Å². The van der Waals surface area contributed by atoms with Crippen LogP contribution in [0.4, 0.5) is 21.6 Å². The number of hydrogen-bond donors (Lipinski definition) is 3. The van der Waals surface area contributed by atoms with E-state index in [0.717, 1.165) is 23.5 Å². The van der Waals surface area contributed by atoms with E-state index in [1.54, 1.807) is 50.5 Å². The topological polar surface area (TPSA) is 117 Å². The van der Waals surface area contributed by atoms with Gasteiger partial charge in [0.2, 0.25) is 0 Å². The van der Waals surface area contributed by atoms with Crippen molar-refractivity contribution in [2.45, 2.75) is 38.5 Å². The van der Waals surface area contributed by atoms with Crippen LogP contribution in [0.1, 0.15) is 30.9 Å². The number of aryl methyl sites for hydroxylation is 1. The number of anilines is 3. The molecule has 0 amide bonds. The summed E-state index contributed by atoms with van der Waals surface area (Å²) in [5, 5.41) is 21.9. The molecule has 2 bridgehead atoms. The summed E-state index contributed by atoms with van der Waals surface area (Å²) in [5.74, 6) is -0.148. The molecule has 5 heterocycles. The first-order chi connectivity index (χ1) is 22.2. The predicted octanol–water partition coefficient (Wildman–Crippen LogP) is 4.50. The van der Waals surface area contributed by atoms with Crippen molar-refractivity contribution in [2.75, 3.05) is 23.3 Å². The summed E-state index contributed by atoms with van der Waals surface area (Å²) in [6.45, 7) is 7.09. The van der Waals surface area contributed by atoms with E-state index in [9.17, 15) is 14.7 Å². The van der Waals surface area contributed by atoms with Crippen molar-refractivity contribution in [3.63, 3.8) is 0 Å². The van der Waals surface area contributed by atoms with E-state index in [4.69, 9.17) is 0 Å². The lowest BCUT2D eigenvalue weighted by molar-refractivity contribution is 0.282. The number of aromatic nitrogens is 4. The second-order valence-electron chi connectivity index (χ2n) is 12.2. The molecule has 46 heavy (non-hydrogen) atoms. The van der Waals surface area contributed by atoms with Gasteiger partial charge in [0.25, 0.3) is 11.1 Å². The maximum Gasteiger partial charge on any atom is 0.282 e. The third kappa shape index (κ3) is 5.27. The van der Waals surface area contributed by atoms with Gasteiger partial charge >= 0.3 is 0 Å². The predicted molar refractivity (Wildman–Crippen MR) is 178 cm³/mol. The molecule has 2 fully saturated rings. The molecule has 3 N–H and O–H groups in total. The van der Waals surface area contributed by atoms with Crippen LogP contribution in [0.2, 0.25) is 0 Å². The maximum atomic E-state index is 15.2. The number of halogens is 1. The minimum atomic E-state index is -0.672. The molecule has 5 aromatic rings. The molecule has 0 unspecified atom stereocenters. The Hall–Kier alpha value is -5.13. The van der Waals surface area contributed by atoms with Gasteiger partial charge in [-0.15, -0.1) is 0 Å². The number of pyridine rings is 2. The third-order valence-corrected chi connectivity index (χ3v) is 8.96. The van der Waals surface area contributed by atoms with Gasteiger partial charge in [-0.25, -0.2) is 9.37 Å². The molecule has 2 aromatic carbocycles. The molecule has 2 aliphatic heterocycles. The highest BCUT2D eigenvalue weighted by atomic mass is 19.1. The normalized spacial score (nSPS) is 17.4. The molecule has 0 spiro atoms. The summed E-state index contributed by atoms with van der Waals surface area (Å²) >= 11 is 0. The van der Waals surface area contributed by atoms with Gasteiger partial charge in [0.1, 0.15) is 17.3 Å². The van der Waals surface area contributed by atoms with Crippen LogP contribution in [-0.4, -0.2) is 49.6 Å². The molecular weight excluding hydrogens is 585 g/mol. The van der Waals surface area contributed by atoms with Gasteiger partial charge in [0.15, 0.2) is 0 Å². The Morgan fingerprint density at radius 3 is 2.57 bits per heavy atom. The molecule has 0 aliphatic carbocycles. The first-order valence-electron chi connectivity index (χ1n) is 15.3. The van der Waals surface area contributed by atoms with Crippen LogP contribution in [0.15, 0.2) is 83.3 Å². The lowest BCUT2D eigenvalue weighted by Gasteiger charge is -2.34. The Morgan fingerprint density at radius 1 is 1.09 bits per heavy atom. The van der Waals surface area contributed by atoms with Crippen molar-refractivity contribution in [1.82, 2.24) is 24.6 Å². The number of rotatable bonds is 7. The lowest BCUT2D eigenvalue weighted by atomic mass is 9.99. The molecular formula is C35H34FN7O3. The molecule has 3 aromatic heterocycles. The van der Waals surface area contributed by atoms with Crippen molar-refractivity contribution in [3.8, 4) is 16.8 Å². The summed E-state index contributed by atoms with van der Waals surface area (Å²) in [7, 11) is 1.64. The number of hydrogen-bond acceptors (Lipinski definition) is 8. The highest BCUT2D eigenvalue weighted by molar-refractivity contribution is 5.85. The first-order valence-corrected chi connectivity index (χ1v) is 15.3. The number of aliphatic hydroxyl groups is 1. The Bertz CT molecular complexity index is 2110. The van der Waals surface area contributed by atoms with E-state index in [1.807, 2.05) is 18.3 Å². The second kappa shape index (κ2) is 11.7. The number of nitrogens with zero attached hydrogens (tertiary/aromatic N) is 5. The zero-order valence-corrected chi connectivity index (χ0v) is 25.6. The number of nitrogens with one attached hydrogen (secondary N) is 2. The van der Waals surface area contributed by atoms with Gasteiger partial charge in [-0.05, 0) is 67.3 Å². The Morgan fingerprint density at radius 2 is 1.87 bits per heavy atom. The summed E-state index contributed by atoms with van der Waals surface area (Å²) in [6.07, 6.45) is 7.31. The van der Waals surface area contributed by atoms with Crippen LogP contribution in [0.25, 0.3) is 33.2 Å². The molecule has 10 nitrogen and oxygen atoms in total. The Kier molecular flexibility index (Phi) is 7.50. The maximum absolute atomic E-state index is 15.2. The smallest absolute Gasteiger partial charge is 0.282 e. The Balaban J connectivity index is 1.23. The van der Waals surface area contributed by atoms with Crippen molar-refractivity contribution >= 4 is 33.5 Å². The second-order valence-corrected chi connectivity index (χ2v) is 12.2. The molecule has 234 valence electrons. The molecule has 7 rings (SSSR count). The SMILES string of the molecule is C=C(C)c1cc(F)c2c(=O)n(-c3cccc(-c4cc(Nc5ccc(N6C[C@H]7CC[C@@H](C6)N7)cn5)c(=O)n(C)c4)c3CO)ncc2c1. The molecule has 0 radical (unpaired) electrons. The van der Waals surface area contributed by atoms with Crippen LogP contribution >= 0.6 is 0 Å². The Labute approximate surface area is 264 Å². The number of benzene rings is 2. The van der Waals surface area contributed by atoms with Gasteiger partial charge in [-0.1, -0.05) is 24.3 Å². The van der Waals surface area contributed by atoms with Crippen LogP contribution < -0.4 is 26.7 Å². The minimum Gasteiger partial charge on any atom is -0.392 e. The summed E-state index contributed by atoms with van der Waals surface area (Å²) < 4.78 is 17.7. The third-order valence-electron chi connectivity index (χ3n) is 8.96. The monoisotopic (exact) mass is 619 g/mol. The van der Waals surface area contributed by atoms with E-state index in [1.165, 1.54) is 29.7 Å². The first kappa shape index (κ1) is 29.6. The highest BCUT2D eigenvalue weighted by Gasteiger charge is 2.32. The zero-order valence-electron chi connectivity index (χ0n) is 25.6. The quantitative estimate of drug-likeness (QED) is 0.244. The minimum absolute atomic E-state index is 0.106. The molecule has 2 saturated heterocycles. The molecule has 2 aliphatic rings. The lowest BCUT2D eigenvalue weighted by Crippen LogP contribution is -2.51. The van der Waals surface area contributed by atoms with Crippen LogP contribution in [0, 0.1) is 5.82 Å². The number of piperazine rings is 1. The number of aliphatic hydroxyl groups excluding tert-OH is 1. The van der Waals surface area contributed by atoms with Crippen LogP contribution in [-0.2, 0) is 13.7 Å².